The first-order chi connectivity index (χ1) is 9.69. The maximum atomic E-state index is 10.7. The van der Waals surface area contributed by atoms with Crippen LogP contribution in [0.25, 0.3) is 0 Å². The molecule has 114 valence electrons. The molecule has 2 aromatic rings. The van der Waals surface area contributed by atoms with Gasteiger partial charge in [-0.3, -0.25) is 4.79 Å². The van der Waals surface area contributed by atoms with Crippen molar-refractivity contribution in [2.45, 2.75) is 6.54 Å². The molecular formula is C11H15ClN6O3. The quantitative estimate of drug-likeness (QED) is 0.661. The molecule has 1 aromatic carbocycles. The summed E-state index contributed by atoms with van der Waals surface area (Å²) in [7, 11) is 1.52. The molecule has 10 heteroatoms. The van der Waals surface area contributed by atoms with Crippen molar-refractivity contribution in [1.29, 1.82) is 0 Å². The van der Waals surface area contributed by atoms with E-state index in [-0.39, 0.29) is 19.0 Å². The number of aromatic nitrogens is 4. The van der Waals surface area contributed by atoms with Crippen molar-refractivity contribution in [1.82, 2.24) is 20.6 Å². The highest BCUT2D eigenvalue weighted by Gasteiger charge is 2.07. The molecule has 0 saturated heterocycles. The van der Waals surface area contributed by atoms with Gasteiger partial charge >= 0.3 is 0 Å². The van der Waals surface area contributed by atoms with E-state index >= 15 is 0 Å². The molecule has 1 amide bonds. The van der Waals surface area contributed by atoms with Gasteiger partial charge in [0.1, 0.15) is 0 Å². The Morgan fingerprint density at radius 3 is 2.86 bits per heavy atom. The van der Waals surface area contributed by atoms with Gasteiger partial charge in [0.15, 0.2) is 18.1 Å². The summed E-state index contributed by atoms with van der Waals surface area (Å²) in [6, 6.07) is 5.31. The molecule has 0 spiro atoms. The monoisotopic (exact) mass is 314 g/mol. The van der Waals surface area contributed by atoms with Gasteiger partial charge in [0.25, 0.3) is 11.9 Å². The number of nitrogens with zero attached hydrogens (tertiary/aromatic N) is 3. The summed E-state index contributed by atoms with van der Waals surface area (Å²) in [4.78, 5) is 10.7. The first-order valence-electron chi connectivity index (χ1n) is 5.74. The SMILES string of the molecule is COc1cc(CNc2nn[nH]n2)ccc1OCC(N)=O.Cl. The largest absolute Gasteiger partial charge is 0.493 e. The smallest absolute Gasteiger partial charge is 0.263 e. The summed E-state index contributed by atoms with van der Waals surface area (Å²) >= 11 is 0. The predicted molar refractivity (Wildman–Crippen MR) is 76.4 cm³/mol. The number of aromatic amines is 1. The number of primary amides is 1. The lowest BCUT2D eigenvalue weighted by Crippen LogP contribution is -2.20. The Hall–Kier alpha value is -2.55. The van der Waals surface area contributed by atoms with Crippen LogP contribution < -0.4 is 20.5 Å². The van der Waals surface area contributed by atoms with Gasteiger partial charge in [-0.25, -0.2) is 0 Å². The molecule has 0 aliphatic heterocycles. The summed E-state index contributed by atoms with van der Waals surface area (Å²) in [5.74, 6) is 0.821. The summed E-state index contributed by atoms with van der Waals surface area (Å²) in [5.41, 5.74) is 5.95. The number of hydrogen-bond donors (Lipinski definition) is 3. The van der Waals surface area contributed by atoms with E-state index in [2.05, 4.69) is 25.9 Å². The van der Waals surface area contributed by atoms with Crippen LogP contribution in [-0.4, -0.2) is 40.2 Å². The third-order valence-electron chi connectivity index (χ3n) is 2.39. The molecule has 0 aliphatic carbocycles. The number of benzene rings is 1. The van der Waals surface area contributed by atoms with Gasteiger partial charge in [0.2, 0.25) is 0 Å². The van der Waals surface area contributed by atoms with Crippen LogP contribution in [0.1, 0.15) is 5.56 Å². The molecule has 0 unspecified atom stereocenters. The van der Waals surface area contributed by atoms with E-state index in [0.29, 0.717) is 24.0 Å². The molecule has 0 bridgehead atoms. The van der Waals surface area contributed by atoms with Crippen LogP contribution in [0.3, 0.4) is 0 Å². The van der Waals surface area contributed by atoms with Crippen LogP contribution in [0.5, 0.6) is 11.5 Å². The third-order valence-corrected chi connectivity index (χ3v) is 2.39. The zero-order valence-electron chi connectivity index (χ0n) is 11.2. The minimum atomic E-state index is -0.546. The zero-order valence-corrected chi connectivity index (χ0v) is 12.0. The lowest BCUT2D eigenvalue weighted by Gasteiger charge is -2.11. The Kier molecular flexibility index (Phi) is 6.21. The summed E-state index contributed by atoms with van der Waals surface area (Å²) in [6.45, 7) is 0.294. The second-order valence-electron chi connectivity index (χ2n) is 3.83. The van der Waals surface area contributed by atoms with E-state index < -0.39 is 5.91 Å². The lowest BCUT2D eigenvalue weighted by atomic mass is 10.2. The molecule has 4 N–H and O–H groups in total. The summed E-state index contributed by atoms with van der Waals surface area (Å²) in [6.07, 6.45) is 0. The van der Waals surface area contributed by atoms with Gasteiger partial charge in [0, 0.05) is 6.54 Å². The lowest BCUT2D eigenvalue weighted by molar-refractivity contribution is -0.119. The number of carbonyl (C=O) groups is 1. The number of hydrogen-bond acceptors (Lipinski definition) is 7. The van der Waals surface area contributed by atoms with Gasteiger partial charge in [-0.15, -0.1) is 17.5 Å². The number of methoxy groups -OCH3 is 1. The summed E-state index contributed by atoms with van der Waals surface area (Å²) < 4.78 is 10.4. The normalized spacial score (nSPS) is 9.57. The number of halogens is 1. The maximum absolute atomic E-state index is 10.7. The van der Waals surface area contributed by atoms with Gasteiger partial charge < -0.3 is 20.5 Å². The van der Waals surface area contributed by atoms with Crippen LogP contribution in [0.2, 0.25) is 0 Å². The van der Waals surface area contributed by atoms with Gasteiger partial charge in [0.05, 0.1) is 7.11 Å². The number of ether oxygens (including phenoxy) is 2. The molecule has 1 heterocycles. The topological polar surface area (TPSA) is 128 Å². The van der Waals surface area contributed by atoms with Crippen molar-refractivity contribution < 1.29 is 14.3 Å². The fourth-order valence-electron chi connectivity index (χ4n) is 1.51. The van der Waals surface area contributed by atoms with Crippen molar-refractivity contribution in [3.05, 3.63) is 23.8 Å². The number of nitrogens with one attached hydrogen (secondary N) is 2. The van der Waals surface area contributed by atoms with E-state index in [1.165, 1.54) is 7.11 Å². The average molecular weight is 315 g/mol. The number of nitrogens with two attached hydrogens (primary N) is 1. The first kappa shape index (κ1) is 16.5. The van der Waals surface area contributed by atoms with Crippen LogP contribution >= 0.6 is 12.4 Å². The van der Waals surface area contributed by atoms with Crippen LogP contribution in [0, 0.1) is 0 Å². The number of carbonyl (C=O) groups excluding carboxylic acids is 1. The maximum Gasteiger partial charge on any atom is 0.263 e. The van der Waals surface area contributed by atoms with E-state index in [9.17, 15) is 4.79 Å². The van der Waals surface area contributed by atoms with E-state index in [1.807, 2.05) is 6.07 Å². The minimum absolute atomic E-state index is 0. The molecule has 0 saturated carbocycles. The molecule has 9 nitrogen and oxygen atoms in total. The van der Waals surface area contributed by atoms with Crippen LogP contribution in [-0.2, 0) is 11.3 Å². The van der Waals surface area contributed by atoms with Gasteiger partial charge in [-0.05, 0) is 22.9 Å². The van der Waals surface area contributed by atoms with Crippen molar-refractivity contribution in [3.8, 4) is 11.5 Å². The van der Waals surface area contributed by atoms with Crippen molar-refractivity contribution in [2.24, 2.45) is 5.73 Å². The number of H-pyrrole nitrogens is 1. The Balaban J connectivity index is 0.00000220. The van der Waals surface area contributed by atoms with E-state index in [4.69, 9.17) is 15.2 Å². The molecule has 2 rings (SSSR count). The highest BCUT2D eigenvalue weighted by Crippen LogP contribution is 2.28. The summed E-state index contributed by atoms with van der Waals surface area (Å²) in [5, 5.41) is 16.3. The Morgan fingerprint density at radius 2 is 2.24 bits per heavy atom. The number of tetrazole rings is 1. The molecule has 1 aromatic heterocycles. The van der Waals surface area contributed by atoms with Crippen molar-refractivity contribution >= 4 is 24.3 Å². The van der Waals surface area contributed by atoms with E-state index in [0.717, 1.165) is 5.56 Å². The fraction of sp³-hybridized carbons (Fsp3) is 0.273. The molecule has 0 fully saturated rings. The Morgan fingerprint density at radius 1 is 1.43 bits per heavy atom. The number of anilines is 1. The molecular weight excluding hydrogens is 300 g/mol. The minimum Gasteiger partial charge on any atom is -0.493 e. The predicted octanol–water partition coefficient (Wildman–Crippen LogP) is 0.106. The number of rotatable bonds is 7. The zero-order chi connectivity index (χ0) is 14.4. The van der Waals surface area contributed by atoms with E-state index in [1.54, 1.807) is 12.1 Å². The highest BCUT2D eigenvalue weighted by molar-refractivity contribution is 5.85. The average Bonchev–Trinajstić information content (AvgIpc) is 2.96. The van der Waals surface area contributed by atoms with Gasteiger partial charge in [-0.2, -0.15) is 5.21 Å². The Labute approximate surface area is 126 Å². The molecule has 0 aliphatic rings. The number of amides is 1. The second kappa shape index (κ2) is 7.90. The molecule has 0 atom stereocenters. The molecule has 0 radical (unpaired) electrons. The Bertz CT molecular complexity index is 577. The molecule has 21 heavy (non-hydrogen) atoms. The van der Waals surface area contributed by atoms with Crippen LogP contribution in [0.4, 0.5) is 5.95 Å². The third kappa shape index (κ3) is 4.80. The fourth-order valence-corrected chi connectivity index (χ4v) is 1.51. The standard InChI is InChI=1S/C11H14N6O3.ClH/c1-19-9-4-7(5-13-11-14-16-17-15-11)2-3-8(9)20-6-10(12)18;/h2-4H,5-6H2,1H3,(H2,12,18)(H2,13,14,15,16,17);1H. The van der Waals surface area contributed by atoms with Gasteiger partial charge in [-0.1, -0.05) is 11.2 Å². The van der Waals surface area contributed by atoms with Crippen LogP contribution in [0.15, 0.2) is 18.2 Å². The van der Waals surface area contributed by atoms with Crippen molar-refractivity contribution in [2.75, 3.05) is 19.0 Å². The first-order valence-corrected chi connectivity index (χ1v) is 5.74. The van der Waals surface area contributed by atoms with Crippen molar-refractivity contribution in [3.63, 3.8) is 0 Å². The second-order valence-corrected chi connectivity index (χ2v) is 3.83. The highest BCUT2D eigenvalue weighted by atomic mass is 35.5.